The number of aliphatic hydroxyl groups excluding tert-OH is 1. The zero-order chi connectivity index (χ0) is 13.0. The van der Waals surface area contributed by atoms with Crippen LogP contribution >= 0.6 is 11.6 Å². The van der Waals surface area contributed by atoms with Crippen molar-refractivity contribution in [2.24, 2.45) is 0 Å². The molecule has 0 heterocycles. The van der Waals surface area contributed by atoms with Gasteiger partial charge in [0, 0.05) is 12.5 Å². The number of hydrogen-bond acceptors (Lipinski definition) is 3. The number of nitrogens with one attached hydrogen (secondary N) is 1. The van der Waals surface area contributed by atoms with Crippen molar-refractivity contribution in [3.05, 3.63) is 28.3 Å². The highest BCUT2D eigenvalue weighted by molar-refractivity contribution is 6.34. The summed E-state index contributed by atoms with van der Waals surface area (Å²) in [5, 5.41) is 28.9. The summed E-state index contributed by atoms with van der Waals surface area (Å²) >= 11 is 6.01. The molecule has 5 nitrogen and oxygen atoms in total. The van der Waals surface area contributed by atoms with Gasteiger partial charge in [-0.05, 0) is 17.7 Å². The van der Waals surface area contributed by atoms with Crippen LogP contribution in [0.25, 0.3) is 0 Å². The number of nitriles is 1. The zero-order valence-corrected chi connectivity index (χ0v) is 9.82. The van der Waals surface area contributed by atoms with Crippen LogP contribution < -0.4 is 5.32 Å². The summed E-state index contributed by atoms with van der Waals surface area (Å²) in [6.07, 6.45) is -1.26. The maximum absolute atomic E-state index is 10.6. The van der Waals surface area contributed by atoms with Gasteiger partial charge in [-0.1, -0.05) is 18.5 Å². The van der Waals surface area contributed by atoms with Crippen LogP contribution in [0.2, 0.25) is 5.02 Å². The lowest BCUT2D eigenvalue weighted by Crippen LogP contribution is -2.10. The third kappa shape index (κ3) is 3.09. The van der Waals surface area contributed by atoms with Crippen molar-refractivity contribution in [2.75, 3.05) is 11.9 Å². The van der Waals surface area contributed by atoms with Gasteiger partial charge < -0.3 is 10.2 Å². The second-order valence-electron chi connectivity index (χ2n) is 3.55. The van der Waals surface area contributed by atoms with E-state index in [2.05, 4.69) is 5.32 Å². The van der Waals surface area contributed by atoms with Gasteiger partial charge in [-0.25, -0.2) is 4.79 Å². The molecule has 1 aromatic rings. The standard InChI is InChI=1S/C11H11ClN2O3/c1-6(5-15)8-2-7(4-13)3-9(10(8)12)14-11(16)17/h2-3,6,14-15H,5H2,1H3,(H,16,17). The Morgan fingerprint density at radius 1 is 1.65 bits per heavy atom. The molecule has 1 rings (SSSR count). The zero-order valence-electron chi connectivity index (χ0n) is 9.07. The minimum absolute atomic E-state index is 0.138. The summed E-state index contributed by atoms with van der Waals surface area (Å²) in [5.74, 6) is -0.273. The Morgan fingerprint density at radius 2 is 2.29 bits per heavy atom. The van der Waals surface area contributed by atoms with E-state index in [1.807, 2.05) is 6.07 Å². The van der Waals surface area contributed by atoms with Gasteiger partial charge in [-0.15, -0.1) is 0 Å². The number of aliphatic hydroxyl groups is 1. The molecule has 90 valence electrons. The van der Waals surface area contributed by atoms with E-state index < -0.39 is 6.09 Å². The minimum atomic E-state index is -1.26. The molecule has 1 amide bonds. The Labute approximate surface area is 103 Å². The molecule has 0 fully saturated rings. The topological polar surface area (TPSA) is 93.4 Å². The second-order valence-corrected chi connectivity index (χ2v) is 3.93. The van der Waals surface area contributed by atoms with Crippen LogP contribution in [0, 0.1) is 11.3 Å². The molecular formula is C11H11ClN2O3. The van der Waals surface area contributed by atoms with Crippen molar-refractivity contribution < 1.29 is 15.0 Å². The van der Waals surface area contributed by atoms with Gasteiger partial charge in [0.05, 0.1) is 22.3 Å². The summed E-state index contributed by atoms with van der Waals surface area (Å²) in [6, 6.07) is 4.80. The Hall–Kier alpha value is -1.77. The van der Waals surface area contributed by atoms with Crippen LogP contribution in [0.15, 0.2) is 12.1 Å². The monoisotopic (exact) mass is 254 g/mol. The minimum Gasteiger partial charge on any atom is -0.465 e. The van der Waals surface area contributed by atoms with Crippen molar-refractivity contribution in [2.45, 2.75) is 12.8 Å². The molecule has 0 radical (unpaired) electrons. The Kier molecular flexibility index (Phi) is 4.32. The molecule has 0 aromatic heterocycles. The molecule has 3 N–H and O–H groups in total. The SMILES string of the molecule is CC(CO)c1cc(C#N)cc(NC(=O)O)c1Cl. The predicted molar refractivity (Wildman–Crippen MR) is 63.3 cm³/mol. The molecule has 0 aliphatic heterocycles. The first-order valence-corrected chi connectivity index (χ1v) is 5.21. The van der Waals surface area contributed by atoms with Gasteiger partial charge in [0.25, 0.3) is 0 Å². The molecule has 17 heavy (non-hydrogen) atoms. The highest BCUT2D eigenvalue weighted by atomic mass is 35.5. The molecule has 6 heteroatoms. The van der Waals surface area contributed by atoms with E-state index in [9.17, 15) is 4.79 Å². The van der Waals surface area contributed by atoms with E-state index in [1.165, 1.54) is 12.1 Å². The maximum Gasteiger partial charge on any atom is 0.409 e. The van der Waals surface area contributed by atoms with Crippen LogP contribution in [0.1, 0.15) is 24.0 Å². The second kappa shape index (κ2) is 5.53. The molecule has 0 bridgehead atoms. The summed E-state index contributed by atoms with van der Waals surface area (Å²) in [5.41, 5.74) is 0.971. The van der Waals surface area contributed by atoms with Crippen LogP contribution in [-0.2, 0) is 0 Å². The lowest BCUT2D eigenvalue weighted by molar-refractivity contribution is 0.210. The highest BCUT2D eigenvalue weighted by Crippen LogP contribution is 2.32. The van der Waals surface area contributed by atoms with Gasteiger partial charge in [-0.3, -0.25) is 5.32 Å². The van der Waals surface area contributed by atoms with Crippen molar-refractivity contribution in [3.8, 4) is 6.07 Å². The number of carbonyl (C=O) groups is 1. The first-order chi connectivity index (χ1) is 7.99. The third-order valence-electron chi connectivity index (χ3n) is 2.28. The van der Waals surface area contributed by atoms with Crippen LogP contribution in [0.4, 0.5) is 10.5 Å². The molecule has 1 aromatic carbocycles. The van der Waals surface area contributed by atoms with E-state index in [0.717, 1.165) is 0 Å². The maximum atomic E-state index is 10.6. The van der Waals surface area contributed by atoms with Crippen molar-refractivity contribution >= 4 is 23.4 Å². The number of nitrogens with zero attached hydrogens (tertiary/aromatic N) is 1. The third-order valence-corrected chi connectivity index (χ3v) is 2.70. The average Bonchev–Trinajstić information content (AvgIpc) is 2.30. The lowest BCUT2D eigenvalue weighted by atomic mass is 9.99. The van der Waals surface area contributed by atoms with Gasteiger partial charge >= 0.3 is 6.09 Å². The Morgan fingerprint density at radius 3 is 2.76 bits per heavy atom. The van der Waals surface area contributed by atoms with E-state index in [-0.39, 0.29) is 28.8 Å². The summed E-state index contributed by atoms with van der Waals surface area (Å²) in [4.78, 5) is 10.6. The summed E-state index contributed by atoms with van der Waals surface area (Å²) in [6.45, 7) is 1.59. The molecule has 1 unspecified atom stereocenters. The van der Waals surface area contributed by atoms with Gasteiger partial charge in [0.15, 0.2) is 0 Å². The van der Waals surface area contributed by atoms with Gasteiger partial charge in [0.2, 0.25) is 0 Å². The molecule has 1 atom stereocenters. The number of anilines is 1. The first kappa shape index (κ1) is 13.3. The fourth-order valence-electron chi connectivity index (χ4n) is 1.37. The number of carboxylic acid groups (broad SMARTS) is 1. The summed E-state index contributed by atoms with van der Waals surface area (Å²) < 4.78 is 0. The predicted octanol–water partition coefficient (Wildman–Crippen LogP) is 2.40. The van der Waals surface area contributed by atoms with E-state index >= 15 is 0 Å². The van der Waals surface area contributed by atoms with E-state index in [4.69, 9.17) is 27.1 Å². The quantitative estimate of drug-likeness (QED) is 0.772. The largest absolute Gasteiger partial charge is 0.465 e. The molecular weight excluding hydrogens is 244 g/mol. The van der Waals surface area contributed by atoms with Crippen LogP contribution in [0.5, 0.6) is 0 Å². The lowest BCUT2D eigenvalue weighted by Gasteiger charge is -2.14. The Bertz CT molecular complexity index is 482. The molecule has 0 aliphatic rings. The number of amides is 1. The van der Waals surface area contributed by atoms with Crippen LogP contribution in [-0.4, -0.2) is 22.9 Å². The summed E-state index contributed by atoms with van der Waals surface area (Å²) in [7, 11) is 0. The van der Waals surface area contributed by atoms with Gasteiger partial charge in [-0.2, -0.15) is 5.26 Å². The number of benzene rings is 1. The van der Waals surface area contributed by atoms with Crippen molar-refractivity contribution in [1.82, 2.24) is 0 Å². The number of hydrogen-bond donors (Lipinski definition) is 3. The fourth-order valence-corrected chi connectivity index (χ4v) is 1.72. The van der Waals surface area contributed by atoms with E-state index in [1.54, 1.807) is 6.92 Å². The Balaban J connectivity index is 3.31. The van der Waals surface area contributed by atoms with Gasteiger partial charge in [0.1, 0.15) is 0 Å². The number of halogens is 1. The molecule has 0 spiro atoms. The van der Waals surface area contributed by atoms with Crippen LogP contribution in [0.3, 0.4) is 0 Å². The molecule has 0 saturated carbocycles. The van der Waals surface area contributed by atoms with Crippen molar-refractivity contribution in [3.63, 3.8) is 0 Å². The fraction of sp³-hybridized carbons (Fsp3) is 0.273. The normalized spacial score (nSPS) is 11.6. The first-order valence-electron chi connectivity index (χ1n) is 4.84. The van der Waals surface area contributed by atoms with Crippen molar-refractivity contribution in [1.29, 1.82) is 5.26 Å². The number of rotatable bonds is 3. The average molecular weight is 255 g/mol. The highest BCUT2D eigenvalue weighted by Gasteiger charge is 2.15. The smallest absolute Gasteiger partial charge is 0.409 e. The van der Waals surface area contributed by atoms with E-state index in [0.29, 0.717) is 5.56 Å². The molecule has 0 saturated heterocycles. The molecule has 0 aliphatic carbocycles.